The van der Waals surface area contributed by atoms with E-state index in [-0.39, 0.29) is 12.0 Å². The van der Waals surface area contributed by atoms with Crippen molar-refractivity contribution in [3.05, 3.63) is 65.6 Å². The van der Waals surface area contributed by atoms with Gasteiger partial charge in [-0.25, -0.2) is 0 Å². The molecule has 1 aliphatic rings. The van der Waals surface area contributed by atoms with Gasteiger partial charge in [-0.15, -0.1) is 0 Å². The van der Waals surface area contributed by atoms with Crippen molar-refractivity contribution < 1.29 is 18.7 Å². The molecule has 1 aliphatic heterocycles. The van der Waals surface area contributed by atoms with Gasteiger partial charge >= 0.3 is 0 Å². The summed E-state index contributed by atoms with van der Waals surface area (Å²) in [6.45, 7) is 2.23. The number of methoxy groups -OCH3 is 1. The average Bonchev–Trinajstić information content (AvgIpc) is 3.20. The van der Waals surface area contributed by atoms with Gasteiger partial charge in [0.2, 0.25) is 0 Å². The summed E-state index contributed by atoms with van der Waals surface area (Å²) in [5.74, 6) is 1.91. The highest BCUT2D eigenvalue weighted by Gasteiger charge is 2.28. The number of hydrogen-bond acceptors (Lipinski definition) is 5. The molecule has 0 radical (unpaired) electrons. The van der Waals surface area contributed by atoms with Crippen molar-refractivity contribution >= 4 is 16.7 Å². The summed E-state index contributed by atoms with van der Waals surface area (Å²) in [6.07, 6.45) is -0.157. The minimum atomic E-state index is -0.157. The van der Waals surface area contributed by atoms with Crippen LogP contribution in [0, 0.1) is 0 Å². The maximum absolute atomic E-state index is 12.9. The lowest BCUT2D eigenvalue weighted by Crippen LogP contribution is -2.42. The zero-order chi connectivity index (χ0) is 20.4. The molecule has 6 heteroatoms. The molecule has 0 unspecified atom stereocenters. The van der Waals surface area contributed by atoms with Crippen LogP contribution in [0.25, 0.3) is 10.8 Å². The Labute approximate surface area is 170 Å². The summed E-state index contributed by atoms with van der Waals surface area (Å²) in [6, 6.07) is 15.9. The number of benzene rings is 2. The summed E-state index contributed by atoms with van der Waals surface area (Å²) in [7, 11) is 5.60. The molecule has 29 heavy (non-hydrogen) atoms. The molecule has 6 nitrogen and oxygen atoms in total. The van der Waals surface area contributed by atoms with Crippen LogP contribution in [0.2, 0.25) is 0 Å². The average molecular weight is 394 g/mol. The van der Waals surface area contributed by atoms with Crippen molar-refractivity contribution in [2.24, 2.45) is 0 Å². The largest absolute Gasteiger partial charge is 0.497 e. The fraction of sp³-hybridized carbons (Fsp3) is 0.348. The highest BCUT2D eigenvalue weighted by atomic mass is 16.5. The van der Waals surface area contributed by atoms with Gasteiger partial charge in [0.15, 0.2) is 5.76 Å². The third kappa shape index (κ3) is 4.28. The highest BCUT2D eigenvalue weighted by molar-refractivity contribution is 5.91. The van der Waals surface area contributed by atoms with Gasteiger partial charge in [-0.1, -0.05) is 18.2 Å². The fourth-order valence-electron chi connectivity index (χ4n) is 3.65. The van der Waals surface area contributed by atoms with Gasteiger partial charge in [-0.3, -0.25) is 4.79 Å². The predicted octanol–water partition coefficient (Wildman–Crippen LogP) is 3.72. The Morgan fingerprint density at radius 2 is 1.93 bits per heavy atom. The normalized spacial score (nSPS) is 17.1. The number of carbonyl (C=O) groups is 1. The Balaban J connectivity index is 1.49. The van der Waals surface area contributed by atoms with E-state index in [2.05, 4.69) is 18.2 Å². The standard InChI is InChI=1S/C23H26N2O4/c1-24(2)14-20-8-9-21(29-20)23(26)25-10-11-28-22(15-25)18-5-4-17-13-19(27-3)7-6-16(17)12-18/h4-9,12-13,22H,10-11,14-15H2,1-3H3/t22-/m0/s1. The monoisotopic (exact) mass is 394 g/mol. The maximum Gasteiger partial charge on any atom is 0.289 e. The minimum absolute atomic E-state index is 0.0890. The van der Waals surface area contributed by atoms with Crippen LogP contribution in [-0.2, 0) is 11.3 Å². The van der Waals surface area contributed by atoms with Crippen LogP contribution < -0.4 is 4.74 Å². The van der Waals surface area contributed by atoms with Gasteiger partial charge < -0.3 is 23.7 Å². The van der Waals surface area contributed by atoms with Gasteiger partial charge in [-0.2, -0.15) is 0 Å². The molecule has 1 fully saturated rings. The van der Waals surface area contributed by atoms with Gasteiger partial charge in [0.1, 0.15) is 17.6 Å². The topological polar surface area (TPSA) is 55.2 Å². The van der Waals surface area contributed by atoms with E-state index in [9.17, 15) is 4.79 Å². The number of hydrogen-bond donors (Lipinski definition) is 0. The number of furan rings is 1. The van der Waals surface area contributed by atoms with E-state index < -0.39 is 0 Å². The molecule has 0 saturated carbocycles. The highest BCUT2D eigenvalue weighted by Crippen LogP contribution is 2.28. The second kappa shape index (κ2) is 8.27. The van der Waals surface area contributed by atoms with Crippen LogP contribution in [0.3, 0.4) is 0 Å². The molecule has 1 atom stereocenters. The SMILES string of the molecule is COc1ccc2cc([C@@H]3CN(C(=O)c4ccc(CN(C)C)o4)CCO3)ccc2c1. The molecule has 4 rings (SSSR count). The van der Waals surface area contributed by atoms with Crippen LogP contribution in [-0.4, -0.2) is 56.6 Å². The Kier molecular flexibility index (Phi) is 5.56. The number of rotatable bonds is 5. The molecule has 0 aliphatic carbocycles. The van der Waals surface area contributed by atoms with E-state index in [1.807, 2.05) is 48.2 Å². The summed E-state index contributed by atoms with van der Waals surface area (Å²) >= 11 is 0. The van der Waals surface area contributed by atoms with Crippen molar-refractivity contribution in [2.45, 2.75) is 12.6 Å². The molecule has 1 saturated heterocycles. The molecular weight excluding hydrogens is 368 g/mol. The van der Waals surface area contributed by atoms with Crippen molar-refractivity contribution in [1.82, 2.24) is 9.80 Å². The number of nitrogens with zero attached hydrogens (tertiary/aromatic N) is 2. The van der Waals surface area contributed by atoms with E-state index in [0.717, 1.165) is 27.8 Å². The van der Waals surface area contributed by atoms with Crippen LogP contribution in [0.1, 0.15) is 28.0 Å². The van der Waals surface area contributed by atoms with E-state index in [1.54, 1.807) is 13.2 Å². The lowest BCUT2D eigenvalue weighted by molar-refractivity contribution is -0.0237. The van der Waals surface area contributed by atoms with Crippen LogP contribution >= 0.6 is 0 Å². The third-order valence-corrected chi connectivity index (χ3v) is 5.14. The van der Waals surface area contributed by atoms with Crippen molar-refractivity contribution in [3.63, 3.8) is 0 Å². The number of fused-ring (bicyclic) bond motifs is 1. The van der Waals surface area contributed by atoms with Gasteiger partial charge in [0, 0.05) is 6.54 Å². The zero-order valence-corrected chi connectivity index (χ0v) is 17.1. The molecule has 2 aromatic carbocycles. The van der Waals surface area contributed by atoms with Gasteiger partial charge in [0.05, 0.1) is 26.8 Å². The Morgan fingerprint density at radius 3 is 2.72 bits per heavy atom. The van der Waals surface area contributed by atoms with E-state index in [4.69, 9.17) is 13.9 Å². The predicted molar refractivity (Wildman–Crippen MR) is 111 cm³/mol. The molecule has 0 N–H and O–H groups in total. The lowest BCUT2D eigenvalue weighted by Gasteiger charge is -2.32. The molecular formula is C23H26N2O4. The van der Waals surface area contributed by atoms with Crippen molar-refractivity contribution in [1.29, 1.82) is 0 Å². The Hall–Kier alpha value is -2.83. The van der Waals surface area contributed by atoms with E-state index in [0.29, 0.717) is 32.0 Å². The van der Waals surface area contributed by atoms with Crippen molar-refractivity contribution in [3.8, 4) is 5.75 Å². The first-order chi connectivity index (χ1) is 14.0. The zero-order valence-electron chi connectivity index (χ0n) is 17.1. The second-order valence-corrected chi connectivity index (χ2v) is 7.59. The third-order valence-electron chi connectivity index (χ3n) is 5.14. The number of amides is 1. The number of carbonyl (C=O) groups excluding carboxylic acids is 1. The maximum atomic E-state index is 12.9. The molecule has 2 heterocycles. The quantitative estimate of drug-likeness (QED) is 0.660. The number of morpholine rings is 1. The summed E-state index contributed by atoms with van der Waals surface area (Å²) in [4.78, 5) is 16.7. The molecule has 1 aromatic heterocycles. The van der Waals surface area contributed by atoms with Crippen LogP contribution in [0.4, 0.5) is 0 Å². The second-order valence-electron chi connectivity index (χ2n) is 7.59. The van der Waals surface area contributed by atoms with Gasteiger partial charge in [-0.05, 0) is 60.8 Å². The molecule has 1 amide bonds. The lowest BCUT2D eigenvalue weighted by atomic mass is 10.0. The van der Waals surface area contributed by atoms with Crippen LogP contribution in [0.15, 0.2) is 52.9 Å². The summed E-state index contributed by atoms with van der Waals surface area (Å²) < 4.78 is 17.0. The first-order valence-corrected chi connectivity index (χ1v) is 9.75. The fourth-order valence-corrected chi connectivity index (χ4v) is 3.65. The first-order valence-electron chi connectivity index (χ1n) is 9.75. The molecule has 3 aromatic rings. The summed E-state index contributed by atoms with van der Waals surface area (Å²) in [5.41, 5.74) is 1.06. The number of ether oxygens (including phenoxy) is 2. The smallest absolute Gasteiger partial charge is 0.289 e. The van der Waals surface area contributed by atoms with Crippen LogP contribution in [0.5, 0.6) is 5.75 Å². The molecule has 0 bridgehead atoms. The molecule has 0 spiro atoms. The van der Waals surface area contributed by atoms with Crippen molar-refractivity contribution in [2.75, 3.05) is 40.9 Å². The van der Waals surface area contributed by atoms with Gasteiger partial charge in [0.25, 0.3) is 5.91 Å². The van der Waals surface area contributed by atoms with E-state index in [1.165, 1.54) is 0 Å². The minimum Gasteiger partial charge on any atom is -0.497 e. The first kappa shape index (κ1) is 19.5. The molecule has 152 valence electrons. The Morgan fingerprint density at radius 1 is 1.14 bits per heavy atom. The van der Waals surface area contributed by atoms with E-state index >= 15 is 0 Å². The summed E-state index contributed by atoms with van der Waals surface area (Å²) in [5, 5.41) is 2.23. The Bertz CT molecular complexity index is 1010.